The van der Waals surface area contributed by atoms with E-state index in [1.165, 1.54) is 31.4 Å². The number of aromatic nitrogens is 2. The van der Waals surface area contributed by atoms with Crippen LogP contribution in [0.15, 0.2) is 41.3 Å². The molecule has 0 aliphatic carbocycles. The van der Waals surface area contributed by atoms with Gasteiger partial charge in [0, 0.05) is 24.8 Å². The number of nitrogens with one attached hydrogen (secondary N) is 1. The van der Waals surface area contributed by atoms with Crippen LogP contribution in [0.1, 0.15) is 12.8 Å². The van der Waals surface area contributed by atoms with Gasteiger partial charge in [0.05, 0.1) is 17.9 Å². The van der Waals surface area contributed by atoms with Gasteiger partial charge in [0.25, 0.3) is 0 Å². The van der Waals surface area contributed by atoms with Crippen LogP contribution in [0.4, 0.5) is 11.5 Å². The Hall–Kier alpha value is -2.72. The van der Waals surface area contributed by atoms with Gasteiger partial charge in [0.15, 0.2) is 5.82 Å². The summed E-state index contributed by atoms with van der Waals surface area (Å²) < 4.78 is 27.6. The van der Waals surface area contributed by atoms with Gasteiger partial charge in [-0.1, -0.05) is 0 Å². The minimum atomic E-state index is -3.75. The van der Waals surface area contributed by atoms with Crippen molar-refractivity contribution in [2.75, 3.05) is 30.4 Å². The molecule has 10 heteroatoms. The van der Waals surface area contributed by atoms with Gasteiger partial charge >= 0.3 is 0 Å². The minimum absolute atomic E-state index is 0.00224. The van der Waals surface area contributed by atoms with E-state index in [-0.39, 0.29) is 16.7 Å². The quantitative estimate of drug-likeness (QED) is 0.778. The molecule has 1 amide bonds. The molecule has 0 unspecified atom stereocenters. The van der Waals surface area contributed by atoms with Crippen LogP contribution in [0.25, 0.3) is 0 Å². The van der Waals surface area contributed by atoms with Crippen molar-refractivity contribution in [3.05, 3.63) is 36.4 Å². The largest absolute Gasteiger partial charge is 0.480 e. The number of hydrogen-bond donors (Lipinski definition) is 2. The topological polar surface area (TPSA) is 128 Å². The molecule has 3 N–H and O–H groups in total. The van der Waals surface area contributed by atoms with Gasteiger partial charge in [-0.15, -0.1) is 10.2 Å². The molecule has 27 heavy (non-hydrogen) atoms. The molecule has 1 fully saturated rings. The van der Waals surface area contributed by atoms with E-state index in [1.54, 1.807) is 6.07 Å². The summed E-state index contributed by atoms with van der Waals surface area (Å²) in [5.41, 5.74) is 0.522. The molecule has 0 bridgehead atoms. The molecule has 2 heterocycles. The fourth-order valence-electron chi connectivity index (χ4n) is 2.96. The first kappa shape index (κ1) is 19.1. The summed E-state index contributed by atoms with van der Waals surface area (Å²) >= 11 is 0. The summed E-state index contributed by atoms with van der Waals surface area (Å²) in [6.45, 7) is 1.33. The van der Waals surface area contributed by atoms with E-state index in [2.05, 4.69) is 15.5 Å². The number of amides is 1. The molecule has 0 saturated carbocycles. The average Bonchev–Trinajstić information content (AvgIpc) is 2.68. The highest BCUT2D eigenvalue weighted by Crippen LogP contribution is 2.23. The molecular formula is C17H21N5O4S. The van der Waals surface area contributed by atoms with Crippen LogP contribution in [0.2, 0.25) is 0 Å². The zero-order chi connectivity index (χ0) is 19.4. The van der Waals surface area contributed by atoms with Gasteiger partial charge in [-0.05, 0) is 43.2 Å². The molecule has 1 atom stereocenters. The predicted octanol–water partition coefficient (Wildman–Crippen LogP) is 0.988. The lowest BCUT2D eigenvalue weighted by atomic mass is 9.97. The highest BCUT2D eigenvalue weighted by molar-refractivity contribution is 7.89. The number of rotatable bonds is 5. The Bertz CT molecular complexity index is 900. The van der Waals surface area contributed by atoms with Crippen molar-refractivity contribution in [2.45, 2.75) is 17.7 Å². The monoisotopic (exact) mass is 391 g/mol. The number of carbonyl (C=O) groups is 1. The van der Waals surface area contributed by atoms with Crippen molar-refractivity contribution in [3.8, 4) is 5.88 Å². The van der Waals surface area contributed by atoms with E-state index >= 15 is 0 Å². The second-order valence-electron chi connectivity index (χ2n) is 6.28. The third-order valence-electron chi connectivity index (χ3n) is 4.40. The minimum Gasteiger partial charge on any atom is -0.480 e. The molecule has 0 spiro atoms. The van der Waals surface area contributed by atoms with Crippen LogP contribution in [0, 0.1) is 5.92 Å². The Morgan fingerprint density at radius 3 is 2.56 bits per heavy atom. The molecule has 1 aliphatic rings. The number of piperidine rings is 1. The fourth-order valence-corrected chi connectivity index (χ4v) is 3.48. The Labute approximate surface area is 157 Å². The number of ether oxygens (including phenoxy) is 1. The molecule has 1 aromatic heterocycles. The summed E-state index contributed by atoms with van der Waals surface area (Å²) in [6.07, 6.45) is 1.62. The molecule has 2 aromatic rings. The van der Waals surface area contributed by atoms with E-state index in [1.807, 2.05) is 11.0 Å². The van der Waals surface area contributed by atoms with Gasteiger partial charge in [-0.25, -0.2) is 13.6 Å². The van der Waals surface area contributed by atoms with Gasteiger partial charge in [-0.2, -0.15) is 0 Å². The number of sulfonamides is 1. The lowest BCUT2D eigenvalue weighted by Crippen LogP contribution is -2.41. The first-order valence-corrected chi connectivity index (χ1v) is 9.98. The smallest absolute Gasteiger partial charge is 0.238 e. The van der Waals surface area contributed by atoms with Crippen LogP contribution in [-0.2, 0) is 14.8 Å². The molecule has 1 aromatic carbocycles. The van der Waals surface area contributed by atoms with Crippen molar-refractivity contribution < 1.29 is 17.9 Å². The standard InChI is InChI=1S/C17H21N5O4S/c1-26-16-9-8-15(20-21-16)22-10-2-3-12(11-22)17(23)19-13-4-6-14(7-5-13)27(18,24)25/h4-9,12H,2-3,10-11H2,1H3,(H,19,23)(H2,18,24,25)/t12-/m0/s1. The highest BCUT2D eigenvalue weighted by Gasteiger charge is 2.27. The maximum Gasteiger partial charge on any atom is 0.238 e. The number of hydrogen-bond acceptors (Lipinski definition) is 7. The van der Waals surface area contributed by atoms with Gasteiger partial charge in [-0.3, -0.25) is 4.79 Å². The lowest BCUT2D eigenvalue weighted by molar-refractivity contribution is -0.120. The van der Waals surface area contributed by atoms with Crippen LogP contribution in [0.5, 0.6) is 5.88 Å². The SMILES string of the molecule is COc1ccc(N2CCC[C@H](C(=O)Nc3ccc(S(N)(=O)=O)cc3)C2)nn1. The molecule has 0 radical (unpaired) electrons. The van der Waals surface area contributed by atoms with Gasteiger partial charge in [0.1, 0.15) is 0 Å². The summed E-state index contributed by atoms with van der Waals surface area (Å²) in [7, 11) is -2.22. The number of anilines is 2. The Morgan fingerprint density at radius 2 is 1.96 bits per heavy atom. The summed E-state index contributed by atoms with van der Waals surface area (Å²) in [5.74, 6) is 0.809. The van der Waals surface area contributed by atoms with Crippen molar-refractivity contribution in [2.24, 2.45) is 11.1 Å². The zero-order valence-corrected chi connectivity index (χ0v) is 15.6. The Morgan fingerprint density at radius 1 is 1.22 bits per heavy atom. The maximum absolute atomic E-state index is 12.6. The summed E-state index contributed by atoms with van der Waals surface area (Å²) in [5, 5.41) is 16.0. The molecule has 1 aliphatic heterocycles. The molecule has 1 saturated heterocycles. The third kappa shape index (κ3) is 4.72. The number of methoxy groups -OCH3 is 1. The number of benzene rings is 1. The van der Waals surface area contributed by atoms with E-state index in [9.17, 15) is 13.2 Å². The molecule has 9 nitrogen and oxygen atoms in total. The van der Waals surface area contributed by atoms with Crippen LogP contribution >= 0.6 is 0 Å². The molecule has 3 rings (SSSR count). The Balaban J connectivity index is 1.64. The second kappa shape index (κ2) is 7.89. The second-order valence-corrected chi connectivity index (χ2v) is 7.84. The van der Waals surface area contributed by atoms with Crippen LogP contribution < -0.4 is 20.1 Å². The van der Waals surface area contributed by atoms with E-state index < -0.39 is 10.0 Å². The Kier molecular flexibility index (Phi) is 5.57. The maximum atomic E-state index is 12.6. The summed E-state index contributed by atoms with van der Waals surface area (Å²) in [4.78, 5) is 14.6. The zero-order valence-electron chi connectivity index (χ0n) is 14.8. The molecule has 144 valence electrons. The first-order valence-electron chi connectivity index (χ1n) is 8.43. The van der Waals surface area contributed by atoms with Gasteiger partial charge < -0.3 is 15.0 Å². The van der Waals surface area contributed by atoms with E-state index in [0.29, 0.717) is 23.9 Å². The van der Waals surface area contributed by atoms with Crippen molar-refractivity contribution in [1.29, 1.82) is 0 Å². The lowest BCUT2D eigenvalue weighted by Gasteiger charge is -2.32. The number of nitrogens with two attached hydrogens (primary N) is 1. The predicted molar refractivity (Wildman–Crippen MR) is 100.0 cm³/mol. The van der Waals surface area contributed by atoms with Crippen LogP contribution in [0.3, 0.4) is 0 Å². The average molecular weight is 391 g/mol. The van der Waals surface area contributed by atoms with E-state index in [4.69, 9.17) is 9.88 Å². The summed E-state index contributed by atoms with van der Waals surface area (Å²) in [6, 6.07) is 9.33. The highest BCUT2D eigenvalue weighted by atomic mass is 32.2. The fraction of sp³-hybridized carbons (Fsp3) is 0.353. The number of primary sulfonamides is 1. The van der Waals surface area contributed by atoms with Crippen molar-refractivity contribution in [1.82, 2.24) is 10.2 Å². The number of carbonyl (C=O) groups excluding carboxylic acids is 1. The first-order chi connectivity index (χ1) is 12.9. The number of nitrogens with zero attached hydrogens (tertiary/aromatic N) is 3. The van der Waals surface area contributed by atoms with E-state index in [0.717, 1.165) is 19.4 Å². The van der Waals surface area contributed by atoms with Crippen LogP contribution in [-0.4, -0.2) is 44.7 Å². The normalized spacial score (nSPS) is 17.4. The van der Waals surface area contributed by atoms with Gasteiger partial charge in [0.2, 0.25) is 21.8 Å². The molecular weight excluding hydrogens is 370 g/mol. The third-order valence-corrected chi connectivity index (χ3v) is 5.33. The van der Waals surface area contributed by atoms with Crippen molar-refractivity contribution in [3.63, 3.8) is 0 Å². The van der Waals surface area contributed by atoms with Crippen molar-refractivity contribution >= 4 is 27.4 Å².